The Morgan fingerprint density at radius 2 is 2.00 bits per heavy atom. The normalized spacial score (nSPS) is 19.7. The zero-order valence-electron chi connectivity index (χ0n) is 15.0. The Morgan fingerprint density at radius 1 is 1.31 bits per heavy atom. The number of carbonyl (C=O) groups excluding carboxylic acids is 1. The summed E-state index contributed by atoms with van der Waals surface area (Å²) < 4.78 is 0. The van der Waals surface area contributed by atoms with E-state index in [0.717, 1.165) is 6.54 Å². The standard InChI is InChI=1S/C17H22N6O2.ClH/c1-10-12(3)23(8-7-18-10)14(24)9-13-11(2)21-16(22-17(13)25)15-19-5-4-6-20-15;/h4-6,10,12,18H,7-9H2,1-3H3,(H,21,22,25);1H. The molecule has 9 heteroatoms. The monoisotopic (exact) mass is 378 g/mol. The summed E-state index contributed by atoms with van der Waals surface area (Å²) in [6.45, 7) is 7.20. The maximum Gasteiger partial charge on any atom is 0.255 e. The highest BCUT2D eigenvalue weighted by molar-refractivity contribution is 5.85. The lowest BCUT2D eigenvalue weighted by Gasteiger charge is -2.38. The highest BCUT2D eigenvalue weighted by Crippen LogP contribution is 2.13. The van der Waals surface area contributed by atoms with Crippen molar-refractivity contribution in [3.63, 3.8) is 0 Å². The first-order valence-corrected chi connectivity index (χ1v) is 8.37. The number of halogens is 1. The number of nitrogens with one attached hydrogen (secondary N) is 2. The minimum Gasteiger partial charge on any atom is -0.337 e. The van der Waals surface area contributed by atoms with Crippen LogP contribution in [0.25, 0.3) is 11.6 Å². The fourth-order valence-electron chi connectivity index (χ4n) is 3.01. The summed E-state index contributed by atoms with van der Waals surface area (Å²) in [6.07, 6.45) is 3.21. The summed E-state index contributed by atoms with van der Waals surface area (Å²) in [5.74, 6) is 0.605. The first-order valence-electron chi connectivity index (χ1n) is 8.37. The largest absolute Gasteiger partial charge is 0.337 e. The number of rotatable bonds is 3. The number of aromatic amines is 1. The van der Waals surface area contributed by atoms with E-state index in [0.29, 0.717) is 29.5 Å². The van der Waals surface area contributed by atoms with E-state index < -0.39 is 0 Å². The minimum absolute atomic E-state index is 0. The van der Waals surface area contributed by atoms with Crippen LogP contribution in [0, 0.1) is 6.92 Å². The highest BCUT2D eigenvalue weighted by Gasteiger charge is 2.28. The van der Waals surface area contributed by atoms with E-state index >= 15 is 0 Å². The maximum absolute atomic E-state index is 12.7. The van der Waals surface area contributed by atoms with E-state index in [2.05, 4.69) is 32.2 Å². The van der Waals surface area contributed by atoms with Gasteiger partial charge in [0.2, 0.25) is 5.91 Å². The van der Waals surface area contributed by atoms with Gasteiger partial charge in [0, 0.05) is 48.8 Å². The van der Waals surface area contributed by atoms with Gasteiger partial charge in [0.25, 0.3) is 5.56 Å². The zero-order valence-corrected chi connectivity index (χ0v) is 15.8. The summed E-state index contributed by atoms with van der Waals surface area (Å²) >= 11 is 0. The third-order valence-electron chi connectivity index (χ3n) is 4.68. The van der Waals surface area contributed by atoms with Crippen molar-refractivity contribution < 1.29 is 4.79 Å². The molecule has 1 fully saturated rings. The molecule has 0 spiro atoms. The van der Waals surface area contributed by atoms with Crippen molar-refractivity contribution in [2.24, 2.45) is 0 Å². The van der Waals surface area contributed by atoms with Crippen molar-refractivity contribution in [2.75, 3.05) is 13.1 Å². The number of aromatic nitrogens is 4. The van der Waals surface area contributed by atoms with Gasteiger partial charge < -0.3 is 15.2 Å². The first-order chi connectivity index (χ1) is 12.0. The molecule has 0 saturated carbocycles. The molecular formula is C17H23ClN6O2. The molecule has 1 amide bonds. The molecule has 1 aliphatic heterocycles. The van der Waals surface area contributed by atoms with Gasteiger partial charge in [0.05, 0.1) is 6.42 Å². The van der Waals surface area contributed by atoms with Crippen LogP contribution in [0.2, 0.25) is 0 Å². The molecule has 8 nitrogen and oxygen atoms in total. The van der Waals surface area contributed by atoms with Gasteiger partial charge in [0.1, 0.15) is 0 Å². The Morgan fingerprint density at radius 3 is 2.65 bits per heavy atom. The van der Waals surface area contributed by atoms with Crippen molar-refractivity contribution in [3.05, 3.63) is 40.1 Å². The topological polar surface area (TPSA) is 104 Å². The second-order valence-corrected chi connectivity index (χ2v) is 6.30. The van der Waals surface area contributed by atoms with Crippen molar-refractivity contribution in [1.29, 1.82) is 0 Å². The summed E-state index contributed by atoms with van der Waals surface area (Å²) in [5.41, 5.74) is 0.595. The van der Waals surface area contributed by atoms with Crippen LogP contribution >= 0.6 is 12.4 Å². The van der Waals surface area contributed by atoms with Crippen LogP contribution in [0.4, 0.5) is 0 Å². The van der Waals surface area contributed by atoms with Crippen LogP contribution < -0.4 is 10.9 Å². The minimum atomic E-state index is -0.320. The number of H-pyrrole nitrogens is 1. The lowest BCUT2D eigenvalue weighted by atomic mass is 10.0. The highest BCUT2D eigenvalue weighted by atomic mass is 35.5. The van der Waals surface area contributed by atoms with Gasteiger partial charge >= 0.3 is 0 Å². The molecule has 2 aromatic heterocycles. The third kappa shape index (κ3) is 4.08. The molecule has 0 aromatic carbocycles. The van der Waals surface area contributed by atoms with Crippen molar-refractivity contribution in [2.45, 2.75) is 39.3 Å². The molecule has 2 atom stereocenters. The fourth-order valence-corrected chi connectivity index (χ4v) is 3.01. The van der Waals surface area contributed by atoms with Gasteiger partial charge in [-0.25, -0.2) is 15.0 Å². The second-order valence-electron chi connectivity index (χ2n) is 6.30. The van der Waals surface area contributed by atoms with E-state index in [4.69, 9.17) is 0 Å². The second kappa shape index (κ2) is 8.37. The summed E-state index contributed by atoms with van der Waals surface area (Å²) in [5, 5.41) is 3.34. The van der Waals surface area contributed by atoms with Crippen LogP contribution in [0.3, 0.4) is 0 Å². The van der Waals surface area contributed by atoms with Gasteiger partial charge in [-0.15, -0.1) is 12.4 Å². The number of piperazine rings is 1. The molecule has 1 saturated heterocycles. The van der Waals surface area contributed by atoms with E-state index in [1.807, 2.05) is 11.8 Å². The average Bonchev–Trinajstić information content (AvgIpc) is 2.61. The molecule has 140 valence electrons. The van der Waals surface area contributed by atoms with Gasteiger partial charge in [-0.1, -0.05) is 0 Å². The number of carbonyl (C=O) groups is 1. The molecule has 3 heterocycles. The molecule has 2 aromatic rings. The Labute approximate surface area is 157 Å². The number of amides is 1. The SMILES string of the molecule is Cc1nc(-c2ncccn2)[nH]c(=O)c1CC(=O)N1CCNC(C)C1C.Cl. The first kappa shape index (κ1) is 20.0. The summed E-state index contributed by atoms with van der Waals surface area (Å²) in [4.78, 5) is 42.2. The van der Waals surface area contributed by atoms with Crippen molar-refractivity contribution in [3.8, 4) is 11.6 Å². The smallest absolute Gasteiger partial charge is 0.255 e. The molecule has 2 N–H and O–H groups in total. The van der Waals surface area contributed by atoms with E-state index in [9.17, 15) is 9.59 Å². The van der Waals surface area contributed by atoms with Crippen LogP contribution in [0.5, 0.6) is 0 Å². The van der Waals surface area contributed by atoms with E-state index in [-0.39, 0.29) is 42.4 Å². The van der Waals surface area contributed by atoms with Gasteiger partial charge in [-0.2, -0.15) is 0 Å². The summed E-state index contributed by atoms with van der Waals surface area (Å²) in [6, 6.07) is 2.01. The zero-order chi connectivity index (χ0) is 18.0. The molecule has 26 heavy (non-hydrogen) atoms. The fraction of sp³-hybridized carbons (Fsp3) is 0.471. The van der Waals surface area contributed by atoms with Crippen LogP contribution in [0.15, 0.2) is 23.3 Å². The number of hydrogen-bond acceptors (Lipinski definition) is 6. The number of hydrogen-bond donors (Lipinski definition) is 2. The lowest BCUT2D eigenvalue weighted by molar-refractivity contribution is -0.134. The van der Waals surface area contributed by atoms with Crippen molar-refractivity contribution >= 4 is 18.3 Å². The molecule has 2 unspecified atom stereocenters. The average molecular weight is 379 g/mol. The Hall–Kier alpha value is -2.32. The molecule has 0 bridgehead atoms. The molecular weight excluding hydrogens is 356 g/mol. The van der Waals surface area contributed by atoms with Gasteiger partial charge in [-0.05, 0) is 26.8 Å². The van der Waals surface area contributed by atoms with Gasteiger partial charge in [0.15, 0.2) is 11.6 Å². The molecule has 0 aliphatic carbocycles. The third-order valence-corrected chi connectivity index (χ3v) is 4.68. The Balaban J connectivity index is 0.00000243. The summed E-state index contributed by atoms with van der Waals surface area (Å²) in [7, 11) is 0. The van der Waals surface area contributed by atoms with Gasteiger partial charge in [-0.3, -0.25) is 9.59 Å². The number of aryl methyl sites for hydroxylation is 1. The Kier molecular flexibility index (Phi) is 6.44. The van der Waals surface area contributed by atoms with Crippen LogP contribution in [-0.4, -0.2) is 55.9 Å². The Bertz CT molecular complexity index is 826. The molecule has 3 rings (SSSR count). The molecule has 0 radical (unpaired) electrons. The lowest BCUT2D eigenvalue weighted by Crippen LogP contribution is -2.57. The predicted octanol–water partition coefficient (Wildman–Crippen LogP) is 0.708. The van der Waals surface area contributed by atoms with E-state index in [1.54, 1.807) is 25.4 Å². The number of nitrogens with zero attached hydrogens (tertiary/aromatic N) is 4. The molecule has 1 aliphatic rings. The van der Waals surface area contributed by atoms with Crippen LogP contribution in [-0.2, 0) is 11.2 Å². The maximum atomic E-state index is 12.7. The van der Waals surface area contributed by atoms with Crippen molar-refractivity contribution in [1.82, 2.24) is 30.2 Å². The predicted molar refractivity (Wildman–Crippen MR) is 100 cm³/mol. The van der Waals surface area contributed by atoms with Crippen LogP contribution in [0.1, 0.15) is 25.1 Å². The van der Waals surface area contributed by atoms with E-state index in [1.165, 1.54) is 0 Å². The quantitative estimate of drug-likeness (QED) is 0.815.